The third-order valence-electron chi connectivity index (χ3n) is 4.68. The molecular weight excluding hydrogens is 306 g/mol. The van der Waals surface area contributed by atoms with Gasteiger partial charge in [0.05, 0.1) is 0 Å². The highest BCUT2D eigenvalue weighted by Crippen LogP contribution is 2.24. The summed E-state index contributed by atoms with van der Waals surface area (Å²) in [5, 5.41) is 20.2. The van der Waals surface area contributed by atoms with Crippen molar-refractivity contribution in [1.82, 2.24) is 4.98 Å². The van der Waals surface area contributed by atoms with Crippen LogP contribution in [-0.2, 0) is 11.2 Å². The first kappa shape index (κ1) is 18.7. The van der Waals surface area contributed by atoms with E-state index in [9.17, 15) is 15.0 Å². The lowest BCUT2D eigenvalue weighted by Crippen LogP contribution is -2.56. The highest BCUT2D eigenvalue weighted by molar-refractivity contribution is 5.78. The van der Waals surface area contributed by atoms with Gasteiger partial charge in [0.25, 0.3) is 0 Å². The SMILES string of the molecule is CC(C)C[C@H](N)[C@](O)(Cc1cc(N2CCCCC2)ccn1)C(=O)O. The number of aliphatic hydroxyl groups is 1. The molecule has 134 valence electrons. The fourth-order valence-corrected chi connectivity index (χ4v) is 3.26. The molecule has 0 unspecified atom stereocenters. The number of nitrogens with zero attached hydrogens (tertiary/aromatic N) is 2. The van der Waals surface area contributed by atoms with Crippen molar-refractivity contribution < 1.29 is 15.0 Å². The minimum atomic E-state index is -2.00. The second-order valence-corrected chi connectivity index (χ2v) is 7.20. The smallest absolute Gasteiger partial charge is 0.337 e. The summed E-state index contributed by atoms with van der Waals surface area (Å²) in [4.78, 5) is 18.2. The summed E-state index contributed by atoms with van der Waals surface area (Å²) in [5.41, 5.74) is 5.60. The van der Waals surface area contributed by atoms with Gasteiger partial charge in [0.15, 0.2) is 5.60 Å². The first-order valence-electron chi connectivity index (χ1n) is 8.74. The van der Waals surface area contributed by atoms with E-state index in [1.165, 1.54) is 6.42 Å². The van der Waals surface area contributed by atoms with Gasteiger partial charge in [-0.3, -0.25) is 4.98 Å². The lowest BCUT2D eigenvalue weighted by Gasteiger charge is -2.32. The third-order valence-corrected chi connectivity index (χ3v) is 4.68. The molecule has 1 aromatic heterocycles. The van der Waals surface area contributed by atoms with Crippen molar-refractivity contribution in [2.45, 2.75) is 57.6 Å². The Kier molecular flexibility index (Phi) is 6.18. The number of aliphatic carboxylic acids is 1. The standard InChI is InChI=1S/C18H29N3O3/c1-13(2)10-16(19)18(24,17(22)23)12-14-11-15(6-7-20-14)21-8-4-3-5-9-21/h6-7,11,13,16,24H,3-5,8-10,12,19H2,1-2H3,(H,22,23)/t16-,18+/m0/s1. The number of carboxylic acid groups (broad SMARTS) is 1. The molecule has 1 aromatic rings. The van der Waals surface area contributed by atoms with E-state index in [1.807, 2.05) is 26.0 Å². The molecule has 2 rings (SSSR count). The Balaban J connectivity index is 2.18. The molecule has 1 aliphatic heterocycles. The van der Waals surface area contributed by atoms with Crippen LogP contribution in [0.2, 0.25) is 0 Å². The Labute approximate surface area is 143 Å². The normalized spacial score (nSPS) is 19.1. The minimum absolute atomic E-state index is 0.0854. The molecule has 0 aromatic carbocycles. The molecule has 6 nitrogen and oxygen atoms in total. The van der Waals surface area contributed by atoms with Gasteiger partial charge >= 0.3 is 5.97 Å². The van der Waals surface area contributed by atoms with Crippen LogP contribution in [-0.4, -0.2) is 45.9 Å². The topological polar surface area (TPSA) is 99.7 Å². The fraction of sp³-hybridized carbons (Fsp3) is 0.667. The van der Waals surface area contributed by atoms with Crippen LogP contribution < -0.4 is 10.6 Å². The van der Waals surface area contributed by atoms with Gasteiger partial charge < -0.3 is 20.8 Å². The van der Waals surface area contributed by atoms with Gasteiger partial charge in [-0.25, -0.2) is 4.79 Å². The average molecular weight is 335 g/mol. The van der Waals surface area contributed by atoms with Crippen molar-refractivity contribution in [3.8, 4) is 0 Å². The predicted molar refractivity (Wildman–Crippen MR) is 94.0 cm³/mol. The van der Waals surface area contributed by atoms with E-state index in [4.69, 9.17) is 5.73 Å². The van der Waals surface area contributed by atoms with Crippen molar-refractivity contribution in [2.24, 2.45) is 11.7 Å². The van der Waals surface area contributed by atoms with Gasteiger partial charge in [0, 0.05) is 43.1 Å². The molecule has 0 radical (unpaired) electrons. The van der Waals surface area contributed by atoms with Crippen LogP contribution in [0.1, 0.15) is 45.2 Å². The van der Waals surface area contributed by atoms with Crippen LogP contribution in [0.25, 0.3) is 0 Å². The molecule has 0 bridgehead atoms. The maximum Gasteiger partial charge on any atom is 0.337 e. The third kappa shape index (κ3) is 4.45. The number of anilines is 1. The molecule has 6 heteroatoms. The van der Waals surface area contributed by atoms with Crippen molar-refractivity contribution in [3.05, 3.63) is 24.0 Å². The Hall–Kier alpha value is -1.66. The second kappa shape index (κ2) is 7.94. The van der Waals surface area contributed by atoms with Gasteiger partial charge in [-0.15, -0.1) is 0 Å². The van der Waals surface area contributed by atoms with E-state index in [1.54, 1.807) is 6.20 Å². The van der Waals surface area contributed by atoms with Gasteiger partial charge in [0.2, 0.25) is 0 Å². The summed E-state index contributed by atoms with van der Waals surface area (Å²) in [7, 11) is 0. The number of carboxylic acids is 1. The van der Waals surface area contributed by atoms with Crippen molar-refractivity contribution in [3.63, 3.8) is 0 Å². The zero-order valence-electron chi connectivity index (χ0n) is 14.6. The molecule has 1 saturated heterocycles. The number of carbonyl (C=O) groups is 1. The fourth-order valence-electron chi connectivity index (χ4n) is 3.26. The van der Waals surface area contributed by atoms with E-state index in [0.717, 1.165) is 31.6 Å². The molecule has 1 aliphatic rings. The zero-order chi connectivity index (χ0) is 17.7. The molecule has 0 amide bonds. The number of rotatable bonds is 7. The van der Waals surface area contributed by atoms with Gasteiger partial charge in [0.1, 0.15) is 0 Å². The first-order chi connectivity index (χ1) is 11.3. The van der Waals surface area contributed by atoms with Crippen molar-refractivity contribution >= 4 is 11.7 Å². The van der Waals surface area contributed by atoms with E-state index in [0.29, 0.717) is 12.1 Å². The number of nitrogens with two attached hydrogens (primary N) is 1. The molecule has 2 heterocycles. The molecular formula is C18H29N3O3. The summed E-state index contributed by atoms with van der Waals surface area (Å²) in [6, 6.07) is 2.97. The van der Waals surface area contributed by atoms with E-state index in [2.05, 4.69) is 9.88 Å². The Morgan fingerprint density at radius 2 is 2.04 bits per heavy atom. The maximum absolute atomic E-state index is 11.7. The zero-order valence-corrected chi connectivity index (χ0v) is 14.6. The van der Waals surface area contributed by atoms with Gasteiger partial charge in [-0.2, -0.15) is 0 Å². The average Bonchev–Trinajstić information content (AvgIpc) is 2.55. The number of aromatic nitrogens is 1. The van der Waals surface area contributed by atoms with Gasteiger partial charge in [-0.1, -0.05) is 13.8 Å². The lowest BCUT2D eigenvalue weighted by molar-refractivity contribution is -0.161. The predicted octanol–water partition coefficient (Wildman–Crippen LogP) is 1.80. The Morgan fingerprint density at radius 1 is 1.38 bits per heavy atom. The largest absolute Gasteiger partial charge is 0.479 e. The second-order valence-electron chi connectivity index (χ2n) is 7.20. The molecule has 1 fully saturated rings. The van der Waals surface area contributed by atoms with Crippen LogP contribution in [0.15, 0.2) is 18.3 Å². The number of hydrogen-bond donors (Lipinski definition) is 3. The number of piperidine rings is 1. The Morgan fingerprint density at radius 3 is 2.62 bits per heavy atom. The molecule has 0 spiro atoms. The molecule has 2 atom stereocenters. The van der Waals surface area contributed by atoms with Crippen LogP contribution in [0.5, 0.6) is 0 Å². The molecule has 0 saturated carbocycles. The minimum Gasteiger partial charge on any atom is -0.479 e. The highest BCUT2D eigenvalue weighted by atomic mass is 16.4. The van der Waals surface area contributed by atoms with Crippen LogP contribution in [0.4, 0.5) is 5.69 Å². The van der Waals surface area contributed by atoms with Crippen LogP contribution >= 0.6 is 0 Å². The molecule has 4 N–H and O–H groups in total. The van der Waals surface area contributed by atoms with Crippen LogP contribution in [0.3, 0.4) is 0 Å². The summed E-state index contributed by atoms with van der Waals surface area (Å²) < 4.78 is 0. The van der Waals surface area contributed by atoms with E-state index in [-0.39, 0.29) is 12.3 Å². The summed E-state index contributed by atoms with van der Waals surface area (Å²) >= 11 is 0. The quantitative estimate of drug-likeness (QED) is 0.703. The molecule has 24 heavy (non-hydrogen) atoms. The Bertz CT molecular complexity index is 558. The van der Waals surface area contributed by atoms with Gasteiger partial charge in [-0.05, 0) is 43.7 Å². The summed E-state index contributed by atoms with van der Waals surface area (Å²) in [6.07, 6.45) is 5.60. The monoisotopic (exact) mass is 335 g/mol. The maximum atomic E-state index is 11.7. The van der Waals surface area contributed by atoms with E-state index >= 15 is 0 Å². The highest BCUT2D eigenvalue weighted by Gasteiger charge is 2.43. The number of hydrogen-bond acceptors (Lipinski definition) is 5. The van der Waals surface area contributed by atoms with Crippen molar-refractivity contribution in [1.29, 1.82) is 0 Å². The van der Waals surface area contributed by atoms with E-state index < -0.39 is 17.6 Å². The van der Waals surface area contributed by atoms with Crippen molar-refractivity contribution in [2.75, 3.05) is 18.0 Å². The lowest BCUT2D eigenvalue weighted by atomic mass is 9.84. The summed E-state index contributed by atoms with van der Waals surface area (Å²) in [6.45, 7) is 5.91. The molecule has 0 aliphatic carbocycles. The number of pyridine rings is 1. The first-order valence-corrected chi connectivity index (χ1v) is 8.74. The van der Waals surface area contributed by atoms with Crippen LogP contribution in [0, 0.1) is 5.92 Å². The summed E-state index contributed by atoms with van der Waals surface area (Å²) in [5.74, 6) is -1.08.